The van der Waals surface area contributed by atoms with Crippen molar-refractivity contribution in [2.75, 3.05) is 0 Å². The van der Waals surface area contributed by atoms with Gasteiger partial charge in [0.25, 0.3) is 11.2 Å². The van der Waals surface area contributed by atoms with Gasteiger partial charge in [-0.1, -0.05) is 6.07 Å². The zero-order valence-corrected chi connectivity index (χ0v) is 12.6. The van der Waals surface area contributed by atoms with Gasteiger partial charge in [-0.05, 0) is 23.8 Å². The van der Waals surface area contributed by atoms with Crippen LogP contribution in [0.2, 0.25) is 0 Å². The second kappa shape index (κ2) is 6.36. The molecule has 1 atom stereocenters. The van der Waals surface area contributed by atoms with Gasteiger partial charge in [-0.2, -0.15) is 0 Å². The molecule has 0 aliphatic rings. The number of rotatable bonds is 4. The predicted molar refractivity (Wildman–Crippen MR) is 84.0 cm³/mol. The lowest BCUT2D eigenvalue weighted by molar-refractivity contribution is -0.384. The van der Waals surface area contributed by atoms with Gasteiger partial charge in [0.1, 0.15) is 0 Å². The van der Waals surface area contributed by atoms with Crippen LogP contribution < -0.4 is 5.56 Å². The number of fused-ring (bicyclic) bond motifs is 1. The van der Waals surface area contributed by atoms with E-state index in [-0.39, 0.29) is 28.7 Å². The van der Waals surface area contributed by atoms with Gasteiger partial charge in [0.15, 0.2) is 11.6 Å². The Hall–Kier alpha value is -3.20. The molecule has 0 bridgehead atoms. The molecule has 0 spiro atoms. The van der Waals surface area contributed by atoms with Gasteiger partial charge < -0.3 is 5.11 Å². The van der Waals surface area contributed by atoms with Crippen molar-refractivity contribution in [2.45, 2.75) is 12.6 Å². The number of hydrogen-bond acceptors (Lipinski definition) is 5. The number of aliphatic hydroxyl groups is 1. The molecule has 25 heavy (non-hydrogen) atoms. The molecular weight excluding hydrogens is 336 g/mol. The fourth-order valence-electron chi connectivity index (χ4n) is 2.40. The van der Waals surface area contributed by atoms with Crippen LogP contribution in [0.25, 0.3) is 10.9 Å². The summed E-state index contributed by atoms with van der Waals surface area (Å²) in [7, 11) is 0. The Kier molecular flexibility index (Phi) is 4.24. The number of halogens is 2. The average molecular weight is 347 g/mol. The van der Waals surface area contributed by atoms with Crippen LogP contribution in [0.3, 0.4) is 0 Å². The van der Waals surface area contributed by atoms with Crippen LogP contribution in [0.1, 0.15) is 11.7 Å². The van der Waals surface area contributed by atoms with E-state index in [4.69, 9.17) is 0 Å². The summed E-state index contributed by atoms with van der Waals surface area (Å²) in [6.45, 7) is -0.268. The highest BCUT2D eigenvalue weighted by Gasteiger charge is 2.15. The van der Waals surface area contributed by atoms with Crippen LogP contribution >= 0.6 is 0 Å². The third-order valence-corrected chi connectivity index (χ3v) is 3.72. The smallest absolute Gasteiger partial charge is 0.270 e. The molecule has 0 saturated heterocycles. The summed E-state index contributed by atoms with van der Waals surface area (Å²) in [5.41, 5.74) is -0.486. The topological polar surface area (TPSA) is 98.3 Å². The number of nitrogens with zero attached hydrogens (tertiary/aromatic N) is 3. The Bertz CT molecular complexity index is 1040. The molecule has 0 aliphatic carbocycles. The van der Waals surface area contributed by atoms with Gasteiger partial charge in [0.2, 0.25) is 0 Å². The predicted octanol–water partition coefficient (Wildman–Crippen LogP) is 2.32. The minimum Gasteiger partial charge on any atom is -0.387 e. The number of aliphatic hydroxyl groups excluding tert-OH is 1. The molecular formula is C16H11F2N3O4. The van der Waals surface area contributed by atoms with E-state index in [1.54, 1.807) is 0 Å². The summed E-state index contributed by atoms with van der Waals surface area (Å²) in [4.78, 5) is 26.7. The molecule has 1 N–H and O–H groups in total. The molecule has 0 amide bonds. The Morgan fingerprint density at radius 2 is 1.96 bits per heavy atom. The van der Waals surface area contributed by atoms with Gasteiger partial charge in [0.05, 0.1) is 34.8 Å². The molecule has 7 nitrogen and oxygen atoms in total. The molecule has 0 radical (unpaired) electrons. The standard InChI is InChI=1S/C16H11F2N3O4/c17-12-3-1-9(5-13(12)18)15(22)7-20-8-19-14-4-2-10(21(24)25)6-11(14)16(20)23/h1-6,8,15,22H,7H2. The molecule has 1 unspecified atom stereocenters. The number of benzene rings is 2. The Morgan fingerprint density at radius 1 is 1.20 bits per heavy atom. The van der Waals surface area contributed by atoms with Crippen molar-refractivity contribution in [2.24, 2.45) is 0 Å². The summed E-state index contributed by atoms with van der Waals surface area (Å²) in [6.07, 6.45) is -0.106. The zero-order valence-electron chi connectivity index (χ0n) is 12.6. The first-order chi connectivity index (χ1) is 11.9. The molecule has 0 fully saturated rings. The lowest BCUT2D eigenvalue weighted by Gasteiger charge is -2.13. The van der Waals surface area contributed by atoms with Crippen LogP contribution in [0.4, 0.5) is 14.5 Å². The normalized spacial score (nSPS) is 12.3. The van der Waals surface area contributed by atoms with Crippen LogP contribution in [0.15, 0.2) is 47.5 Å². The second-order valence-corrected chi connectivity index (χ2v) is 5.35. The highest BCUT2D eigenvalue weighted by Crippen LogP contribution is 2.19. The van der Waals surface area contributed by atoms with Crippen LogP contribution in [-0.2, 0) is 6.54 Å². The summed E-state index contributed by atoms with van der Waals surface area (Å²) in [6, 6.07) is 6.60. The number of aromatic nitrogens is 2. The molecule has 128 valence electrons. The number of nitro benzene ring substituents is 1. The summed E-state index contributed by atoms with van der Waals surface area (Å²) in [5.74, 6) is -2.16. The largest absolute Gasteiger partial charge is 0.387 e. The van der Waals surface area contributed by atoms with Crippen LogP contribution in [-0.4, -0.2) is 19.6 Å². The van der Waals surface area contributed by atoms with E-state index >= 15 is 0 Å². The van der Waals surface area contributed by atoms with Crippen molar-refractivity contribution in [1.82, 2.24) is 9.55 Å². The lowest BCUT2D eigenvalue weighted by Crippen LogP contribution is -2.24. The molecule has 3 rings (SSSR count). The van der Waals surface area contributed by atoms with Crippen molar-refractivity contribution in [3.8, 4) is 0 Å². The van der Waals surface area contributed by atoms with Crippen molar-refractivity contribution in [1.29, 1.82) is 0 Å². The number of nitro groups is 1. The molecule has 3 aromatic rings. The van der Waals surface area contributed by atoms with Gasteiger partial charge in [-0.3, -0.25) is 19.5 Å². The summed E-state index contributed by atoms with van der Waals surface area (Å²) in [5, 5.41) is 21.0. The van der Waals surface area contributed by atoms with Crippen molar-refractivity contribution >= 4 is 16.6 Å². The van der Waals surface area contributed by atoms with E-state index < -0.39 is 28.2 Å². The number of non-ortho nitro benzene ring substituents is 1. The lowest BCUT2D eigenvalue weighted by atomic mass is 10.1. The van der Waals surface area contributed by atoms with Crippen LogP contribution in [0.5, 0.6) is 0 Å². The molecule has 0 saturated carbocycles. The first kappa shape index (κ1) is 16.7. The average Bonchev–Trinajstić information content (AvgIpc) is 2.59. The molecule has 1 aromatic heterocycles. The SMILES string of the molecule is O=c1c2cc([N+](=O)[O-])ccc2ncn1CC(O)c1ccc(F)c(F)c1. The van der Waals surface area contributed by atoms with E-state index in [0.29, 0.717) is 0 Å². The first-order valence-corrected chi connectivity index (χ1v) is 7.13. The maximum Gasteiger partial charge on any atom is 0.270 e. The Labute approximate surface area is 138 Å². The zero-order chi connectivity index (χ0) is 18.1. The van der Waals surface area contributed by atoms with Gasteiger partial charge in [0, 0.05) is 12.1 Å². The van der Waals surface area contributed by atoms with Crippen molar-refractivity contribution in [3.05, 3.63) is 80.4 Å². The van der Waals surface area contributed by atoms with Gasteiger partial charge in [-0.15, -0.1) is 0 Å². The Balaban J connectivity index is 1.98. The van der Waals surface area contributed by atoms with E-state index in [1.807, 2.05) is 0 Å². The molecule has 0 aliphatic heterocycles. The molecule has 9 heteroatoms. The third kappa shape index (κ3) is 3.22. The fourth-order valence-corrected chi connectivity index (χ4v) is 2.40. The van der Waals surface area contributed by atoms with Crippen molar-refractivity contribution < 1.29 is 18.8 Å². The maximum absolute atomic E-state index is 13.3. The summed E-state index contributed by atoms with van der Waals surface area (Å²) >= 11 is 0. The van der Waals surface area contributed by atoms with Gasteiger partial charge in [-0.25, -0.2) is 13.8 Å². The highest BCUT2D eigenvalue weighted by atomic mass is 19.2. The first-order valence-electron chi connectivity index (χ1n) is 7.13. The van der Waals surface area contributed by atoms with E-state index in [2.05, 4.69) is 4.98 Å². The minimum absolute atomic E-state index is 0.0224. The molecule has 2 aromatic carbocycles. The van der Waals surface area contributed by atoms with E-state index in [1.165, 1.54) is 24.5 Å². The highest BCUT2D eigenvalue weighted by molar-refractivity contribution is 5.79. The quantitative estimate of drug-likeness (QED) is 0.577. The minimum atomic E-state index is -1.29. The third-order valence-electron chi connectivity index (χ3n) is 3.72. The van der Waals surface area contributed by atoms with Crippen molar-refractivity contribution in [3.63, 3.8) is 0 Å². The monoisotopic (exact) mass is 347 g/mol. The molecule has 1 heterocycles. The summed E-state index contributed by atoms with van der Waals surface area (Å²) < 4.78 is 27.3. The van der Waals surface area contributed by atoms with E-state index in [9.17, 15) is 28.8 Å². The Morgan fingerprint density at radius 3 is 2.64 bits per heavy atom. The fraction of sp³-hybridized carbons (Fsp3) is 0.125. The number of hydrogen-bond donors (Lipinski definition) is 1. The van der Waals surface area contributed by atoms with E-state index in [0.717, 1.165) is 22.8 Å². The van der Waals surface area contributed by atoms with Gasteiger partial charge >= 0.3 is 0 Å². The second-order valence-electron chi connectivity index (χ2n) is 5.35. The maximum atomic E-state index is 13.3. The van der Waals surface area contributed by atoms with Crippen LogP contribution in [0, 0.1) is 21.7 Å².